The van der Waals surface area contributed by atoms with Crippen molar-refractivity contribution in [3.05, 3.63) is 54.1 Å². The van der Waals surface area contributed by atoms with Gasteiger partial charge in [0.25, 0.3) is 0 Å². The van der Waals surface area contributed by atoms with E-state index in [9.17, 15) is 29.1 Å². The molecule has 0 bridgehead atoms. The highest BCUT2D eigenvalue weighted by molar-refractivity contribution is 5.95. The van der Waals surface area contributed by atoms with E-state index in [0.717, 1.165) is 0 Å². The number of nitrogens with two attached hydrogens (primary N) is 2. The van der Waals surface area contributed by atoms with Gasteiger partial charge >= 0.3 is 5.97 Å². The quantitative estimate of drug-likeness (QED) is 0.130. The molecule has 1 heterocycles. The van der Waals surface area contributed by atoms with Crippen LogP contribution in [-0.4, -0.2) is 80.6 Å². The monoisotopic (exact) mass is 503 g/mol. The van der Waals surface area contributed by atoms with Crippen molar-refractivity contribution in [3.8, 4) is 0 Å². The van der Waals surface area contributed by atoms with Gasteiger partial charge in [0.2, 0.25) is 23.6 Å². The summed E-state index contributed by atoms with van der Waals surface area (Å²) in [5, 5.41) is 25.5. The molecule has 194 valence electrons. The lowest BCUT2D eigenvalue weighted by Gasteiger charge is -2.25. The summed E-state index contributed by atoms with van der Waals surface area (Å²) in [4.78, 5) is 67.5. The minimum atomic E-state index is -1.59. The van der Waals surface area contributed by atoms with Crippen molar-refractivity contribution in [2.45, 2.75) is 43.4 Å². The van der Waals surface area contributed by atoms with E-state index in [1.165, 1.54) is 12.5 Å². The number of rotatable bonds is 14. The number of aliphatic carboxylic acids is 1. The van der Waals surface area contributed by atoms with Gasteiger partial charge in [0.05, 0.1) is 25.4 Å². The lowest BCUT2D eigenvalue weighted by molar-refractivity contribution is -0.143. The van der Waals surface area contributed by atoms with Crippen LogP contribution in [0, 0.1) is 0 Å². The summed E-state index contributed by atoms with van der Waals surface area (Å²) in [6.07, 6.45) is 2.27. The summed E-state index contributed by atoms with van der Waals surface area (Å²) >= 11 is 0. The Balaban J connectivity index is 2.25. The second-order valence-corrected chi connectivity index (χ2v) is 7.95. The number of carboxylic acids is 1. The van der Waals surface area contributed by atoms with E-state index >= 15 is 0 Å². The minimum absolute atomic E-state index is 0.0223. The van der Waals surface area contributed by atoms with E-state index in [0.29, 0.717) is 11.3 Å². The Morgan fingerprint density at radius 3 is 2.03 bits per heavy atom. The van der Waals surface area contributed by atoms with Gasteiger partial charge in [-0.15, -0.1) is 0 Å². The molecule has 36 heavy (non-hydrogen) atoms. The second-order valence-electron chi connectivity index (χ2n) is 7.95. The predicted octanol–water partition coefficient (Wildman–Crippen LogP) is -3.07. The molecule has 0 radical (unpaired) electrons. The number of aromatic nitrogens is 2. The van der Waals surface area contributed by atoms with E-state index < -0.39 is 66.8 Å². The first kappa shape index (κ1) is 27.9. The third-order valence-electron chi connectivity index (χ3n) is 5.08. The Labute approximate surface area is 205 Å². The number of carboxylic acid groups (broad SMARTS) is 1. The van der Waals surface area contributed by atoms with Crippen molar-refractivity contribution in [1.29, 1.82) is 0 Å². The van der Waals surface area contributed by atoms with Crippen molar-refractivity contribution in [1.82, 2.24) is 25.9 Å². The molecule has 0 saturated carbocycles. The highest BCUT2D eigenvalue weighted by atomic mass is 16.4. The first-order chi connectivity index (χ1) is 17.1. The maximum atomic E-state index is 13.2. The molecular weight excluding hydrogens is 474 g/mol. The molecular formula is C22H29N7O7. The number of hydrogen-bond acceptors (Lipinski definition) is 8. The molecule has 4 atom stereocenters. The molecule has 0 aliphatic carbocycles. The average molecular weight is 504 g/mol. The molecule has 14 nitrogen and oxygen atoms in total. The molecule has 2 aromatic rings. The Morgan fingerprint density at radius 2 is 1.50 bits per heavy atom. The topological polar surface area (TPSA) is 243 Å². The zero-order valence-corrected chi connectivity index (χ0v) is 19.2. The molecule has 0 fully saturated rings. The lowest BCUT2D eigenvalue weighted by Crippen LogP contribution is -2.58. The van der Waals surface area contributed by atoms with E-state index in [1.54, 1.807) is 30.3 Å². The molecule has 14 heteroatoms. The Kier molecular flexibility index (Phi) is 10.5. The number of carbonyl (C=O) groups excluding carboxylic acids is 4. The van der Waals surface area contributed by atoms with Gasteiger partial charge in [0.1, 0.15) is 18.1 Å². The Hall–Kier alpha value is -4.30. The van der Waals surface area contributed by atoms with Gasteiger partial charge in [-0.05, 0) is 5.56 Å². The maximum absolute atomic E-state index is 13.2. The summed E-state index contributed by atoms with van der Waals surface area (Å²) < 4.78 is 0. The third kappa shape index (κ3) is 8.81. The number of carbonyl (C=O) groups is 5. The van der Waals surface area contributed by atoms with E-state index in [-0.39, 0.29) is 12.8 Å². The number of hydrogen-bond donors (Lipinski definition) is 8. The number of amides is 4. The first-order valence-electron chi connectivity index (χ1n) is 10.9. The largest absolute Gasteiger partial charge is 0.480 e. The second kappa shape index (κ2) is 13.6. The van der Waals surface area contributed by atoms with Crippen LogP contribution in [0.3, 0.4) is 0 Å². The van der Waals surface area contributed by atoms with Crippen LogP contribution >= 0.6 is 0 Å². The third-order valence-corrected chi connectivity index (χ3v) is 5.08. The zero-order chi connectivity index (χ0) is 26.7. The van der Waals surface area contributed by atoms with Crippen molar-refractivity contribution >= 4 is 29.6 Å². The Bertz CT molecular complexity index is 1050. The number of primary amides is 1. The van der Waals surface area contributed by atoms with Crippen LogP contribution in [0.1, 0.15) is 17.7 Å². The molecule has 1 aromatic carbocycles. The van der Waals surface area contributed by atoms with Crippen LogP contribution in [-0.2, 0) is 36.8 Å². The van der Waals surface area contributed by atoms with E-state index in [1.807, 2.05) is 0 Å². The van der Waals surface area contributed by atoms with Gasteiger partial charge in [0.15, 0.2) is 0 Å². The van der Waals surface area contributed by atoms with Crippen molar-refractivity contribution in [2.75, 3.05) is 6.61 Å². The van der Waals surface area contributed by atoms with Crippen molar-refractivity contribution in [2.24, 2.45) is 11.5 Å². The molecule has 2 rings (SSSR count). The number of aromatic amines is 1. The summed E-state index contributed by atoms with van der Waals surface area (Å²) in [6, 6.07) is 3.31. The summed E-state index contributed by atoms with van der Waals surface area (Å²) in [6.45, 7) is -0.865. The molecule has 0 aliphatic rings. The fraction of sp³-hybridized carbons (Fsp3) is 0.364. The number of nitrogens with zero attached hydrogens (tertiary/aromatic N) is 1. The van der Waals surface area contributed by atoms with E-state index in [2.05, 4.69) is 25.9 Å². The predicted molar refractivity (Wildman–Crippen MR) is 125 cm³/mol. The normalized spacial score (nSPS) is 14.1. The van der Waals surface area contributed by atoms with Gasteiger partial charge in [-0.2, -0.15) is 0 Å². The summed E-state index contributed by atoms with van der Waals surface area (Å²) in [5.41, 5.74) is 11.9. The van der Waals surface area contributed by atoms with Gasteiger partial charge in [0, 0.05) is 24.7 Å². The van der Waals surface area contributed by atoms with Crippen LogP contribution in [0.5, 0.6) is 0 Å². The fourth-order valence-corrected chi connectivity index (χ4v) is 3.20. The highest BCUT2D eigenvalue weighted by Gasteiger charge is 2.31. The number of aliphatic hydroxyl groups excluding tert-OH is 1. The number of imidazole rings is 1. The van der Waals surface area contributed by atoms with Gasteiger partial charge < -0.3 is 42.6 Å². The fourth-order valence-electron chi connectivity index (χ4n) is 3.20. The standard InChI is InChI=1S/C22H29N7O7/c23-14(8-18(24)31)19(32)27-15(6-12-4-2-1-3-5-12)20(33)28-16(7-13-9-25-11-26-13)21(34)29-17(10-30)22(35)36/h1-5,9,11,14-17,30H,6-8,10,23H2,(H2,24,31)(H,25,26)(H,27,32)(H,28,33)(H,29,34)(H,35,36). The van der Waals surface area contributed by atoms with Gasteiger partial charge in [-0.25, -0.2) is 9.78 Å². The smallest absolute Gasteiger partial charge is 0.328 e. The van der Waals surface area contributed by atoms with Crippen molar-refractivity contribution < 1.29 is 34.2 Å². The minimum Gasteiger partial charge on any atom is -0.480 e. The van der Waals surface area contributed by atoms with Crippen molar-refractivity contribution in [3.63, 3.8) is 0 Å². The van der Waals surface area contributed by atoms with Crippen LogP contribution in [0.25, 0.3) is 0 Å². The molecule has 4 amide bonds. The molecule has 0 spiro atoms. The molecule has 10 N–H and O–H groups in total. The zero-order valence-electron chi connectivity index (χ0n) is 19.2. The van der Waals surface area contributed by atoms with E-state index in [4.69, 9.17) is 16.6 Å². The Morgan fingerprint density at radius 1 is 0.917 bits per heavy atom. The van der Waals surface area contributed by atoms with Crippen LogP contribution in [0.4, 0.5) is 0 Å². The summed E-state index contributed by atoms with van der Waals surface area (Å²) in [5.74, 6) is -4.71. The summed E-state index contributed by atoms with van der Waals surface area (Å²) in [7, 11) is 0. The number of benzene rings is 1. The average Bonchev–Trinajstić information content (AvgIpc) is 3.34. The van der Waals surface area contributed by atoms with Gasteiger partial charge in [-0.3, -0.25) is 19.2 Å². The molecule has 4 unspecified atom stereocenters. The van der Waals surface area contributed by atoms with Crippen LogP contribution in [0.15, 0.2) is 42.9 Å². The number of H-pyrrole nitrogens is 1. The lowest BCUT2D eigenvalue weighted by atomic mass is 10.0. The molecule has 1 aromatic heterocycles. The van der Waals surface area contributed by atoms with Crippen LogP contribution in [0.2, 0.25) is 0 Å². The highest BCUT2D eigenvalue weighted by Crippen LogP contribution is 2.06. The maximum Gasteiger partial charge on any atom is 0.328 e. The molecule has 0 aliphatic heterocycles. The first-order valence-corrected chi connectivity index (χ1v) is 10.9. The number of nitrogens with one attached hydrogen (secondary N) is 4. The van der Waals surface area contributed by atoms with Gasteiger partial charge in [-0.1, -0.05) is 30.3 Å². The number of aliphatic hydroxyl groups is 1. The SMILES string of the molecule is NC(=O)CC(N)C(=O)NC(Cc1ccccc1)C(=O)NC(Cc1cnc[nH]1)C(=O)NC(CO)C(=O)O. The van der Waals surface area contributed by atoms with Crippen LogP contribution < -0.4 is 27.4 Å². The molecule has 0 saturated heterocycles.